The van der Waals surface area contributed by atoms with E-state index < -0.39 is 5.97 Å². The third-order valence-corrected chi connectivity index (χ3v) is 4.06. The van der Waals surface area contributed by atoms with Gasteiger partial charge in [-0.2, -0.15) is 0 Å². The average Bonchev–Trinajstić information content (AvgIpc) is 3.19. The van der Waals surface area contributed by atoms with Crippen LogP contribution < -0.4 is 5.32 Å². The summed E-state index contributed by atoms with van der Waals surface area (Å²) >= 11 is 1.47. The Morgan fingerprint density at radius 2 is 2.19 bits per heavy atom. The van der Waals surface area contributed by atoms with Crippen LogP contribution in [0.5, 0.6) is 0 Å². The van der Waals surface area contributed by atoms with E-state index in [1.807, 2.05) is 19.2 Å². The monoisotopic (exact) mass is 304 g/mol. The molecule has 2 aromatic rings. The number of carboxylic acids is 1. The Kier molecular flexibility index (Phi) is 3.59. The lowest BCUT2D eigenvalue weighted by atomic mass is 10.2. The van der Waals surface area contributed by atoms with Crippen molar-refractivity contribution in [3.63, 3.8) is 0 Å². The molecule has 0 unspecified atom stereocenters. The fourth-order valence-corrected chi connectivity index (χ4v) is 2.76. The van der Waals surface area contributed by atoms with Gasteiger partial charge >= 0.3 is 5.97 Å². The highest BCUT2D eigenvalue weighted by Crippen LogP contribution is 2.41. The summed E-state index contributed by atoms with van der Waals surface area (Å²) < 4.78 is 0. The van der Waals surface area contributed by atoms with Gasteiger partial charge < -0.3 is 10.4 Å². The van der Waals surface area contributed by atoms with Crippen LogP contribution in [0.3, 0.4) is 0 Å². The molecule has 0 amide bonds. The van der Waals surface area contributed by atoms with Gasteiger partial charge in [0.25, 0.3) is 0 Å². The normalized spacial score (nSPS) is 14.4. The molecule has 0 aromatic carbocycles. The number of carboxylic acid groups (broad SMARTS) is 1. The minimum Gasteiger partial charge on any atom is -0.476 e. The fraction of sp³-hybridized carbons (Fsp3) is 0.429. The van der Waals surface area contributed by atoms with E-state index in [0.717, 1.165) is 5.69 Å². The van der Waals surface area contributed by atoms with Crippen LogP contribution in [-0.4, -0.2) is 26.0 Å². The number of nitrogens with zero attached hydrogens (tertiary/aromatic N) is 3. The second-order valence-corrected chi connectivity index (χ2v) is 6.29. The molecule has 2 aromatic heterocycles. The standard InChI is InChI=1S/C14H16N4O2S/c1-7(2)12-15-5-9(11(18-12)13(19)20)16-14-17-10(6-21-14)8-3-4-8/h5-8H,3-4H2,1-2H3,(H,16,17)(H,19,20). The van der Waals surface area contributed by atoms with Crippen LogP contribution in [0.2, 0.25) is 0 Å². The Morgan fingerprint density at radius 1 is 1.43 bits per heavy atom. The Labute approximate surface area is 126 Å². The lowest BCUT2D eigenvalue weighted by molar-refractivity contribution is 0.0691. The number of hydrogen-bond donors (Lipinski definition) is 2. The highest BCUT2D eigenvalue weighted by atomic mass is 32.1. The molecule has 21 heavy (non-hydrogen) atoms. The van der Waals surface area contributed by atoms with E-state index in [1.54, 1.807) is 0 Å². The van der Waals surface area contributed by atoms with Crippen molar-refractivity contribution in [3.05, 3.63) is 28.8 Å². The van der Waals surface area contributed by atoms with Crippen LogP contribution in [0.25, 0.3) is 0 Å². The van der Waals surface area contributed by atoms with Gasteiger partial charge in [-0.3, -0.25) is 0 Å². The molecule has 2 N–H and O–H groups in total. The number of thiazole rings is 1. The number of hydrogen-bond acceptors (Lipinski definition) is 6. The van der Waals surface area contributed by atoms with Crippen LogP contribution in [0, 0.1) is 0 Å². The van der Waals surface area contributed by atoms with E-state index >= 15 is 0 Å². The molecule has 1 fully saturated rings. The molecule has 110 valence electrons. The van der Waals surface area contributed by atoms with E-state index in [2.05, 4.69) is 20.3 Å². The molecule has 7 heteroatoms. The second kappa shape index (κ2) is 5.40. The largest absolute Gasteiger partial charge is 0.476 e. The van der Waals surface area contributed by atoms with Crippen molar-refractivity contribution in [2.75, 3.05) is 5.32 Å². The Balaban J connectivity index is 1.87. The van der Waals surface area contributed by atoms with E-state index in [4.69, 9.17) is 0 Å². The van der Waals surface area contributed by atoms with Crippen LogP contribution >= 0.6 is 11.3 Å². The zero-order valence-corrected chi connectivity index (χ0v) is 12.6. The average molecular weight is 304 g/mol. The molecule has 1 saturated carbocycles. The highest BCUT2D eigenvalue weighted by molar-refractivity contribution is 7.13. The van der Waals surface area contributed by atoms with Crippen LogP contribution in [-0.2, 0) is 0 Å². The SMILES string of the molecule is CC(C)c1ncc(Nc2nc(C3CC3)cs2)c(C(=O)O)n1. The smallest absolute Gasteiger partial charge is 0.356 e. The second-order valence-electron chi connectivity index (χ2n) is 5.43. The van der Waals surface area contributed by atoms with Crippen LogP contribution in [0.15, 0.2) is 11.6 Å². The first-order valence-corrected chi connectivity index (χ1v) is 7.75. The summed E-state index contributed by atoms with van der Waals surface area (Å²) in [6, 6.07) is 0. The maximum Gasteiger partial charge on any atom is 0.356 e. The fourth-order valence-electron chi connectivity index (χ4n) is 1.95. The summed E-state index contributed by atoms with van der Waals surface area (Å²) in [5, 5.41) is 15.0. The van der Waals surface area contributed by atoms with Crippen molar-refractivity contribution in [1.82, 2.24) is 15.0 Å². The summed E-state index contributed by atoms with van der Waals surface area (Å²) in [5.41, 5.74) is 1.44. The van der Waals surface area contributed by atoms with Crippen molar-refractivity contribution in [2.45, 2.75) is 38.5 Å². The summed E-state index contributed by atoms with van der Waals surface area (Å²) in [4.78, 5) is 24.2. The van der Waals surface area contributed by atoms with Gasteiger partial charge in [-0.15, -0.1) is 11.3 Å². The molecule has 0 saturated heterocycles. The van der Waals surface area contributed by atoms with Gasteiger partial charge in [-0.25, -0.2) is 19.7 Å². The molecule has 6 nitrogen and oxygen atoms in total. The predicted octanol–water partition coefficient (Wildman–Crippen LogP) is 3.38. The van der Waals surface area contributed by atoms with E-state index in [1.165, 1.54) is 30.4 Å². The van der Waals surface area contributed by atoms with Gasteiger partial charge in [0.2, 0.25) is 0 Å². The number of aromatic nitrogens is 3. The highest BCUT2D eigenvalue weighted by Gasteiger charge is 2.26. The predicted molar refractivity (Wildman–Crippen MR) is 80.5 cm³/mol. The van der Waals surface area contributed by atoms with Gasteiger partial charge in [-0.1, -0.05) is 13.8 Å². The van der Waals surface area contributed by atoms with Crippen molar-refractivity contribution in [1.29, 1.82) is 0 Å². The van der Waals surface area contributed by atoms with Gasteiger partial charge in [0, 0.05) is 17.2 Å². The quantitative estimate of drug-likeness (QED) is 0.880. The molecular formula is C14H16N4O2S. The topological polar surface area (TPSA) is 88.0 Å². The first kappa shape index (κ1) is 13.9. The molecule has 0 bridgehead atoms. The summed E-state index contributed by atoms with van der Waals surface area (Å²) in [7, 11) is 0. The maximum atomic E-state index is 11.4. The minimum absolute atomic E-state index is 0.0168. The maximum absolute atomic E-state index is 11.4. The number of aromatic carboxylic acids is 1. The molecule has 1 aliphatic rings. The number of carbonyl (C=O) groups is 1. The zero-order valence-electron chi connectivity index (χ0n) is 11.8. The molecule has 0 atom stereocenters. The molecular weight excluding hydrogens is 288 g/mol. The lowest BCUT2D eigenvalue weighted by Crippen LogP contribution is -2.10. The van der Waals surface area contributed by atoms with Crippen molar-refractivity contribution < 1.29 is 9.90 Å². The van der Waals surface area contributed by atoms with Crippen LogP contribution in [0.4, 0.5) is 10.8 Å². The number of anilines is 2. The lowest BCUT2D eigenvalue weighted by Gasteiger charge is -2.09. The van der Waals surface area contributed by atoms with Gasteiger partial charge in [0.15, 0.2) is 10.8 Å². The van der Waals surface area contributed by atoms with Gasteiger partial charge in [-0.05, 0) is 12.8 Å². The molecule has 0 aliphatic heterocycles. The molecule has 1 aliphatic carbocycles. The molecule has 3 rings (SSSR count). The molecule has 0 spiro atoms. The van der Waals surface area contributed by atoms with E-state index in [-0.39, 0.29) is 11.6 Å². The summed E-state index contributed by atoms with van der Waals surface area (Å²) in [6.07, 6.45) is 3.90. The Hall–Kier alpha value is -2.02. The van der Waals surface area contributed by atoms with Crippen LogP contribution in [0.1, 0.15) is 60.5 Å². The summed E-state index contributed by atoms with van der Waals surface area (Å²) in [5.74, 6) is 0.116. The third-order valence-electron chi connectivity index (χ3n) is 3.29. The van der Waals surface area contributed by atoms with E-state index in [0.29, 0.717) is 22.6 Å². The zero-order chi connectivity index (χ0) is 15.0. The Bertz CT molecular complexity index is 679. The summed E-state index contributed by atoms with van der Waals surface area (Å²) in [6.45, 7) is 3.85. The number of rotatable bonds is 5. The van der Waals surface area contributed by atoms with Gasteiger partial charge in [0.1, 0.15) is 5.82 Å². The Morgan fingerprint density at radius 3 is 2.81 bits per heavy atom. The van der Waals surface area contributed by atoms with E-state index in [9.17, 15) is 9.90 Å². The van der Waals surface area contributed by atoms with Crippen molar-refractivity contribution in [2.24, 2.45) is 0 Å². The van der Waals surface area contributed by atoms with Crippen molar-refractivity contribution in [3.8, 4) is 0 Å². The first-order chi connectivity index (χ1) is 10.0. The third kappa shape index (κ3) is 3.02. The minimum atomic E-state index is -1.07. The van der Waals surface area contributed by atoms with Gasteiger partial charge in [0.05, 0.1) is 17.6 Å². The number of nitrogens with one attached hydrogen (secondary N) is 1. The first-order valence-electron chi connectivity index (χ1n) is 6.87. The molecule has 2 heterocycles. The van der Waals surface area contributed by atoms with Crippen molar-refractivity contribution >= 4 is 28.1 Å². The molecule has 0 radical (unpaired) electrons.